The molecule has 0 unspecified atom stereocenters. The Morgan fingerprint density at radius 3 is 2.57 bits per heavy atom. The Labute approximate surface area is 131 Å². The third kappa shape index (κ3) is 7.00. The minimum Gasteiger partial charge on any atom is -0.395 e. The second-order valence-corrected chi connectivity index (χ2v) is 7.15. The Morgan fingerprint density at radius 2 is 1.95 bits per heavy atom. The van der Waals surface area contributed by atoms with Gasteiger partial charge in [0.15, 0.2) is 0 Å². The monoisotopic (exact) mass is 327 g/mol. The number of unbranched alkanes of at least 4 members (excludes halogenated alkanes) is 1. The van der Waals surface area contributed by atoms with Gasteiger partial charge in [0.2, 0.25) is 10.0 Å². The van der Waals surface area contributed by atoms with Crippen LogP contribution in [-0.2, 0) is 10.0 Å². The first-order chi connectivity index (χ1) is 10.1. The third-order valence-corrected chi connectivity index (χ3v) is 4.88. The zero-order valence-electron chi connectivity index (χ0n) is 12.1. The highest BCUT2D eigenvalue weighted by Crippen LogP contribution is 2.10. The predicted octanol–water partition coefficient (Wildman–Crippen LogP) is 1.84. The Hall–Kier alpha value is -1.00. The molecular formula is C15H21NO3S2. The second-order valence-electron chi connectivity index (χ2n) is 4.40. The van der Waals surface area contributed by atoms with Crippen LogP contribution in [0.15, 0.2) is 29.2 Å². The van der Waals surface area contributed by atoms with E-state index in [1.165, 1.54) is 0 Å². The summed E-state index contributed by atoms with van der Waals surface area (Å²) in [5.74, 6) is 6.70. The molecule has 0 saturated carbocycles. The second kappa shape index (κ2) is 9.85. The summed E-state index contributed by atoms with van der Waals surface area (Å²) >= 11 is 1.76. The van der Waals surface area contributed by atoms with E-state index in [4.69, 9.17) is 5.11 Å². The Kier molecular flexibility index (Phi) is 8.47. The van der Waals surface area contributed by atoms with Crippen molar-refractivity contribution in [2.75, 3.05) is 25.2 Å². The number of hydrogen-bond acceptors (Lipinski definition) is 4. The van der Waals surface area contributed by atoms with Gasteiger partial charge in [-0.05, 0) is 49.1 Å². The fourth-order valence-electron chi connectivity index (χ4n) is 1.60. The average Bonchev–Trinajstić information content (AvgIpc) is 2.48. The molecule has 0 heterocycles. The number of aliphatic hydroxyl groups is 1. The summed E-state index contributed by atoms with van der Waals surface area (Å²) in [5.41, 5.74) is 0.738. The van der Waals surface area contributed by atoms with E-state index in [2.05, 4.69) is 16.6 Å². The van der Waals surface area contributed by atoms with Crippen molar-refractivity contribution in [3.8, 4) is 11.8 Å². The maximum Gasteiger partial charge on any atom is 0.240 e. The van der Waals surface area contributed by atoms with E-state index in [0.717, 1.165) is 24.2 Å². The van der Waals surface area contributed by atoms with Gasteiger partial charge in [-0.15, -0.1) is 0 Å². The molecule has 0 spiro atoms. The standard InChI is InChI=1S/C15H21NO3S2/c1-20-13-5-3-11-16-21(18,19)15-9-7-14(8-10-15)6-2-4-12-17/h7-10,16-17H,3-5,11-13H2,1H3. The minimum absolute atomic E-state index is 0.0277. The number of hydrogen-bond donors (Lipinski definition) is 2. The van der Waals surface area contributed by atoms with Crippen LogP contribution in [0, 0.1) is 11.8 Å². The van der Waals surface area contributed by atoms with Crippen molar-refractivity contribution in [3.63, 3.8) is 0 Å². The molecule has 0 bridgehead atoms. The summed E-state index contributed by atoms with van der Waals surface area (Å²) < 4.78 is 26.7. The molecule has 0 aromatic heterocycles. The van der Waals surface area contributed by atoms with Gasteiger partial charge in [0, 0.05) is 18.5 Å². The highest BCUT2D eigenvalue weighted by molar-refractivity contribution is 7.98. The lowest BCUT2D eigenvalue weighted by Crippen LogP contribution is -2.24. The highest BCUT2D eigenvalue weighted by atomic mass is 32.2. The normalized spacial score (nSPS) is 11.0. The van der Waals surface area contributed by atoms with Crippen LogP contribution in [0.4, 0.5) is 0 Å². The summed E-state index contributed by atoms with van der Waals surface area (Å²) in [7, 11) is -3.43. The van der Waals surface area contributed by atoms with E-state index in [-0.39, 0.29) is 11.5 Å². The van der Waals surface area contributed by atoms with Gasteiger partial charge < -0.3 is 5.11 Å². The zero-order chi connectivity index (χ0) is 15.6. The molecule has 1 rings (SSSR count). The van der Waals surface area contributed by atoms with Crippen LogP contribution in [0.25, 0.3) is 0 Å². The molecule has 4 nitrogen and oxygen atoms in total. The molecule has 21 heavy (non-hydrogen) atoms. The lowest BCUT2D eigenvalue weighted by atomic mass is 10.2. The first-order valence-corrected chi connectivity index (χ1v) is 9.66. The summed E-state index contributed by atoms with van der Waals surface area (Å²) in [6.45, 7) is 0.487. The Morgan fingerprint density at radius 1 is 1.24 bits per heavy atom. The van der Waals surface area contributed by atoms with E-state index in [9.17, 15) is 8.42 Å². The fraction of sp³-hybridized carbons (Fsp3) is 0.467. The molecule has 0 aliphatic rings. The SMILES string of the molecule is CSCCCCNS(=O)(=O)c1ccc(C#CCCO)cc1. The summed E-state index contributed by atoms with van der Waals surface area (Å²) in [6, 6.07) is 6.44. The van der Waals surface area contributed by atoms with E-state index in [0.29, 0.717) is 13.0 Å². The Balaban J connectivity index is 2.57. The highest BCUT2D eigenvalue weighted by Gasteiger charge is 2.12. The first kappa shape index (κ1) is 18.1. The summed E-state index contributed by atoms with van der Waals surface area (Å²) in [5, 5.41) is 8.64. The van der Waals surface area contributed by atoms with Crippen molar-refractivity contribution >= 4 is 21.8 Å². The Bertz CT molecular complexity index is 571. The van der Waals surface area contributed by atoms with Crippen molar-refractivity contribution in [2.24, 2.45) is 0 Å². The smallest absolute Gasteiger partial charge is 0.240 e. The van der Waals surface area contributed by atoms with Crippen molar-refractivity contribution < 1.29 is 13.5 Å². The van der Waals surface area contributed by atoms with Crippen LogP contribution in [0.2, 0.25) is 0 Å². The summed E-state index contributed by atoms with van der Waals surface area (Å²) in [6.07, 6.45) is 4.29. The van der Waals surface area contributed by atoms with Gasteiger partial charge in [-0.25, -0.2) is 13.1 Å². The van der Waals surface area contributed by atoms with E-state index < -0.39 is 10.0 Å². The van der Waals surface area contributed by atoms with Crippen LogP contribution in [-0.4, -0.2) is 38.7 Å². The number of sulfonamides is 1. The molecule has 0 amide bonds. The van der Waals surface area contributed by atoms with Crippen LogP contribution >= 0.6 is 11.8 Å². The molecule has 0 atom stereocenters. The van der Waals surface area contributed by atoms with Gasteiger partial charge in [0.25, 0.3) is 0 Å². The molecule has 1 aromatic carbocycles. The lowest BCUT2D eigenvalue weighted by Gasteiger charge is -2.06. The molecule has 0 radical (unpaired) electrons. The number of rotatable bonds is 8. The van der Waals surface area contributed by atoms with Crippen molar-refractivity contribution in [1.29, 1.82) is 0 Å². The molecule has 1 aromatic rings. The number of thioether (sulfide) groups is 1. The first-order valence-electron chi connectivity index (χ1n) is 6.78. The molecule has 0 saturated heterocycles. The largest absolute Gasteiger partial charge is 0.395 e. The molecule has 2 N–H and O–H groups in total. The van der Waals surface area contributed by atoms with Gasteiger partial charge in [0.1, 0.15) is 0 Å². The van der Waals surface area contributed by atoms with Crippen molar-refractivity contribution in [2.45, 2.75) is 24.2 Å². The molecule has 0 aliphatic carbocycles. The number of aliphatic hydroxyl groups excluding tert-OH is 1. The topological polar surface area (TPSA) is 66.4 Å². The quantitative estimate of drug-likeness (QED) is 0.565. The van der Waals surface area contributed by atoms with Crippen molar-refractivity contribution in [3.05, 3.63) is 29.8 Å². The predicted molar refractivity (Wildman–Crippen MR) is 87.8 cm³/mol. The van der Waals surface area contributed by atoms with E-state index in [1.807, 2.05) is 6.26 Å². The van der Waals surface area contributed by atoms with Crippen LogP contribution in [0.1, 0.15) is 24.8 Å². The molecule has 0 aliphatic heterocycles. The van der Waals surface area contributed by atoms with Gasteiger partial charge >= 0.3 is 0 Å². The lowest BCUT2D eigenvalue weighted by molar-refractivity contribution is 0.305. The van der Waals surface area contributed by atoms with Crippen LogP contribution < -0.4 is 4.72 Å². The minimum atomic E-state index is -3.43. The average molecular weight is 327 g/mol. The maximum atomic E-state index is 12.1. The van der Waals surface area contributed by atoms with Gasteiger partial charge in [0.05, 0.1) is 11.5 Å². The van der Waals surface area contributed by atoms with Crippen molar-refractivity contribution in [1.82, 2.24) is 4.72 Å². The molecule has 116 valence electrons. The summed E-state index contributed by atoms with van der Waals surface area (Å²) in [4.78, 5) is 0.250. The zero-order valence-corrected chi connectivity index (χ0v) is 13.8. The van der Waals surface area contributed by atoms with Gasteiger partial charge in [-0.1, -0.05) is 11.8 Å². The fourth-order valence-corrected chi connectivity index (χ4v) is 3.17. The number of benzene rings is 1. The van der Waals surface area contributed by atoms with Gasteiger partial charge in [-0.3, -0.25) is 0 Å². The molecule has 6 heteroatoms. The molecule has 0 fully saturated rings. The van der Waals surface area contributed by atoms with Crippen LogP contribution in [0.5, 0.6) is 0 Å². The van der Waals surface area contributed by atoms with E-state index >= 15 is 0 Å². The maximum absolute atomic E-state index is 12.1. The number of nitrogens with one attached hydrogen (secondary N) is 1. The van der Waals surface area contributed by atoms with E-state index in [1.54, 1.807) is 36.0 Å². The van der Waals surface area contributed by atoms with Gasteiger partial charge in [-0.2, -0.15) is 11.8 Å². The molecular weight excluding hydrogens is 306 g/mol. The van der Waals surface area contributed by atoms with Crippen LogP contribution in [0.3, 0.4) is 0 Å². The third-order valence-electron chi connectivity index (χ3n) is 2.70.